The Labute approximate surface area is 96.4 Å². The molecule has 0 saturated carbocycles. The first-order valence-corrected chi connectivity index (χ1v) is 9.42. The van der Waals surface area contributed by atoms with Crippen LogP contribution in [-0.2, 0) is 11.8 Å². The molecule has 0 aliphatic carbocycles. The molecule has 0 radical (unpaired) electrons. The van der Waals surface area contributed by atoms with Crippen molar-refractivity contribution >= 4 is 28.9 Å². The Morgan fingerprint density at radius 3 is 1.86 bits per heavy atom. The van der Waals surface area contributed by atoms with Gasteiger partial charge in [0, 0.05) is 5.25 Å². The monoisotopic (exact) mass is 256 g/mol. The van der Waals surface area contributed by atoms with Gasteiger partial charge in [0.05, 0.1) is 0 Å². The van der Waals surface area contributed by atoms with Gasteiger partial charge in [0.15, 0.2) is 0 Å². The summed E-state index contributed by atoms with van der Waals surface area (Å²) in [6.45, 7) is 4.30. The Morgan fingerprint density at radius 1 is 1.14 bits per heavy atom. The minimum Gasteiger partial charge on any atom is -0.338 e. The van der Waals surface area contributed by atoms with E-state index in [0.717, 1.165) is 38.5 Å². The van der Waals surface area contributed by atoms with Crippen molar-refractivity contribution in [1.82, 2.24) is 0 Å². The molecule has 0 aromatic carbocycles. The summed E-state index contributed by atoms with van der Waals surface area (Å²) in [5.74, 6) is 0. The van der Waals surface area contributed by atoms with Crippen molar-refractivity contribution in [3.05, 3.63) is 0 Å². The molecule has 86 valence electrons. The number of unbranched alkanes of at least 4 members (excludes halogenated alkanes) is 2. The van der Waals surface area contributed by atoms with Gasteiger partial charge < -0.3 is 9.79 Å². The predicted octanol–water partition coefficient (Wildman–Crippen LogP) is 3.68. The lowest BCUT2D eigenvalue weighted by Crippen LogP contribution is -2.02. The van der Waals surface area contributed by atoms with Crippen LogP contribution in [0, 0.1) is 0 Å². The van der Waals surface area contributed by atoms with E-state index < -0.39 is 5.69 Å². The van der Waals surface area contributed by atoms with E-state index in [4.69, 9.17) is 0 Å². The fraction of sp³-hybridized carbons (Fsp3) is 1.00. The Balaban J connectivity index is 3.90. The second-order valence-electron chi connectivity index (χ2n) is 3.50. The molecule has 0 amide bonds. The largest absolute Gasteiger partial charge is 0.338 e. The lowest BCUT2D eigenvalue weighted by atomic mass is 10.1. The van der Waals surface area contributed by atoms with Crippen LogP contribution in [0.2, 0.25) is 0 Å². The van der Waals surface area contributed by atoms with Crippen LogP contribution in [0.3, 0.4) is 0 Å². The van der Waals surface area contributed by atoms with Gasteiger partial charge in [-0.15, -0.1) is 0 Å². The molecule has 0 unspecified atom stereocenters. The fourth-order valence-electron chi connectivity index (χ4n) is 1.31. The first-order valence-electron chi connectivity index (χ1n) is 5.23. The zero-order chi connectivity index (χ0) is 11.0. The van der Waals surface area contributed by atoms with Crippen molar-refractivity contribution in [2.45, 2.75) is 57.6 Å². The quantitative estimate of drug-likeness (QED) is 0.650. The zero-order valence-electron chi connectivity index (χ0n) is 8.98. The Bertz CT molecular complexity index is 174. The van der Waals surface area contributed by atoms with E-state index in [1.165, 1.54) is 11.4 Å². The SMILES string of the molecule is CCCCC(CCCC)SP(O)(O)=S. The average Bonchev–Trinajstić information content (AvgIpc) is 2.07. The predicted molar refractivity (Wildman–Crippen MR) is 69.2 cm³/mol. The van der Waals surface area contributed by atoms with Crippen LogP contribution in [0.1, 0.15) is 52.4 Å². The summed E-state index contributed by atoms with van der Waals surface area (Å²) < 4.78 is 0. The summed E-state index contributed by atoms with van der Waals surface area (Å²) in [6.07, 6.45) is 6.72. The maximum Gasteiger partial charge on any atom is 0.242 e. The summed E-state index contributed by atoms with van der Waals surface area (Å²) in [5.41, 5.74) is -3.05. The van der Waals surface area contributed by atoms with Crippen molar-refractivity contribution in [2.75, 3.05) is 0 Å². The van der Waals surface area contributed by atoms with Crippen molar-refractivity contribution in [3.8, 4) is 0 Å². The molecular weight excluding hydrogens is 235 g/mol. The van der Waals surface area contributed by atoms with Gasteiger partial charge in [-0.3, -0.25) is 0 Å². The van der Waals surface area contributed by atoms with E-state index in [2.05, 4.69) is 25.7 Å². The van der Waals surface area contributed by atoms with Gasteiger partial charge in [-0.25, -0.2) is 0 Å². The third-order valence-electron chi connectivity index (χ3n) is 2.05. The van der Waals surface area contributed by atoms with Crippen LogP contribution in [0.4, 0.5) is 0 Å². The number of rotatable bonds is 8. The first kappa shape index (κ1) is 14.9. The van der Waals surface area contributed by atoms with Crippen LogP contribution >= 0.6 is 17.1 Å². The first-order chi connectivity index (χ1) is 6.49. The highest BCUT2D eigenvalue weighted by atomic mass is 32.9. The molecule has 0 fully saturated rings. The fourth-order valence-corrected chi connectivity index (χ4v) is 5.13. The van der Waals surface area contributed by atoms with Gasteiger partial charge in [0.1, 0.15) is 0 Å². The Hall–Kier alpha value is 0.920. The molecule has 0 rings (SSSR count). The third-order valence-corrected chi connectivity index (χ3v) is 5.58. The molecule has 0 aromatic rings. The third kappa shape index (κ3) is 9.47. The van der Waals surface area contributed by atoms with Crippen LogP contribution in [-0.4, -0.2) is 15.0 Å². The van der Waals surface area contributed by atoms with Crippen LogP contribution < -0.4 is 0 Å². The van der Waals surface area contributed by atoms with Gasteiger partial charge in [0.2, 0.25) is 5.69 Å². The lowest BCUT2D eigenvalue weighted by molar-refractivity contribution is 0.501. The van der Waals surface area contributed by atoms with E-state index in [9.17, 15) is 9.79 Å². The van der Waals surface area contributed by atoms with E-state index in [0.29, 0.717) is 5.25 Å². The molecule has 14 heavy (non-hydrogen) atoms. The van der Waals surface area contributed by atoms with E-state index >= 15 is 0 Å². The van der Waals surface area contributed by atoms with Crippen LogP contribution in [0.5, 0.6) is 0 Å². The molecule has 0 spiro atoms. The zero-order valence-corrected chi connectivity index (χ0v) is 11.5. The second-order valence-corrected chi connectivity index (χ2v) is 9.74. The standard InChI is InChI=1S/C9H21O2PS2/c1-3-5-7-9(8-6-4-2)14-12(10,11)13/h9H,3-8H2,1-2H3,(H2,10,11,13). The van der Waals surface area contributed by atoms with Crippen molar-refractivity contribution in [2.24, 2.45) is 0 Å². The van der Waals surface area contributed by atoms with Crippen molar-refractivity contribution < 1.29 is 9.79 Å². The van der Waals surface area contributed by atoms with Crippen molar-refractivity contribution in [1.29, 1.82) is 0 Å². The molecule has 0 bridgehead atoms. The van der Waals surface area contributed by atoms with Crippen LogP contribution in [0.25, 0.3) is 0 Å². The van der Waals surface area contributed by atoms with E-state index in [-0.39, 0.29) is 0 Å². The summed E-state index contributed by atoms with van der Waals surface area (Å²) in [4.78, 5) is 18.5. The molecule has 0 aromatic heterocycles. The molecule has 2 N–H and O–H groups in total. The summed E-state index contributed by atoms with van der Waals surface area (Å²) in [7, 11) is 0. The van der Waals surface area contributed by atoms with Gasteiger partial charge in [-0.1, -0.05) is 50.9 Å². The molecule has 0 atom stereocenters. The van der Waals surface area contributed by atoms with Gasteiger partial charge >= 0.3 is 0 Å². The molecule has 0 aliphatic rings. The highest BCUT2D eigenvalue weighted by Gasteiger charge is 2.17. The van der Waals surface area contributed by atoms with Crippen LogP contribution in [0.15, 0.2) is 0 Å². The maximum absolute atomic E-state index is 9.23. The molecule has 0 aliphatic heterocycles. The molecule has 0 heterocycles. The smallest absolute Gasteiger partial charge is 0.242 e. The second kappa shape index (κ2) is 8.12. The summed E-state index contributed by atoms with van der Waals surface area (Å²) in [6, 6.07) is 0. The highest BCUT2D eigenvalue weighted by molar-refractivity contribution is 8.67. The van der Waals surface area contributed by atoms with Gasteiger partial charge in [0.25, 0.3) is 0 Å². The van der Waals surface area contributed by atoms with E-state index in [1.807, 2.05) is 0 Å². The van der Waals surface area contributed by atoms with E-state index in [1.54, 1.807) is 0 Å². The summed E-state index contributed by atoms with van der Waals surface area (Å²) >= 11 is 5.87. The highest BCUT2D eigenvalue weighted by Crippen LogP contribution is 2.54. The summed E-state index contributed by atoms with van der Waals surface area (Å²) in [5, 5.41) is 0.343. The van der Waals surface area contributed by atoms with Crippen molar-refractivity contribution in [3.63, 3.8) is 0 Å². The Morgan fingerprint density at radius 2 is 1.57 bits per heavy atom. The van der Waals surface area contributed by atoms with Gasteiger partial charge in [-0.2, -0.15) is 0 Å². The Kier molecular flexibility index (Phi) is 8.65. The lowest BCUT2D eigenvalue weighted by Gasteiger charge is -2.17. The minimum absolute atomic E-state index is 0.343. The molecule has 5 heteroatoms. The molecule has 2 nitrogen and oxygen atoms in total. The van der Waals surface area contributed by atoms with Gasteiger partial charge in [-0.05, 0) is 24.6 Å². The molecular formula is C9H21O2PS2. The number of hydrogen-bond acceptors (Lipinski definition) is 2. The average molecular weight is 256 g/mol. The molecule has 0 saturated heterocycles. The number of hydrogen-bond donors (Lipinski definition) is 2. The minimum atomic E-state index is -3.05. The normalized spacial score (nSPS) is 12.4. The topological polar surface area (TPSA) is 40.5 Å². The maximum atomic E-state index is 9.23.